The molecule has 0 atom stereocenters. The van der Waals surface area contributed by atoms with Gasteiger partial charge in [0, 0.05) is 12.7 Å². The van der Waals surface area contributed by atoms with Crippen LogP contribution < -0.4 is 11.1 Å². The molecule has 1 saturated carbocycles. The lowest BCUT2D eigenvalue weighted by Crippen LogP contribution is -2.51. The average Bonchev–Trinajstić information content (AvgIpc) is 2.23. The number of nitrogens with two attached hydrogens (primary N) is 1. The molecule has 0 unspecified atom stereocenters. The molecule has 0 bridgehead atoms. The highest BCUT2D eigenvalue weighted by molar-refractivity contribution is 5.42. The van der Waals surface area contributed by atoms with Gasteiger partial charge in [-0.2, -0.15) is 13.2 Å². The molecule has 1 heterocycles. The standard InChI is InChI=1S/C11H14F3N3/c12-11(13,14)8-2-5-16-9(6-8)17-10(7-15)3-1-4-10/h2,5-6H,1,3-4,7,15H2,(H,16,17). The van der Waals surface area contributed by atoms with Crippen LogP contribution in [0.2, 0.25) is 0 Å². The van der Waals surface area contributed by atoms with E-state index >= 15 is 0 Å². The molecule has 0 aromatic carbocycles. The fraction of sp³-hybridized carbons (Fsp3) is 0.545. The molecule has 1 aromatic rings. The van der Waals surface area contributed by atoms with Gasteiger partial charge >= 0.3 is 6.18 Å². The van der Waals surface area contributed by atoms with Crippen molar-refractivity contribution >= 4 is 5.82 Å². The highest BCUT2D eigenvalue weighted by atomic mass is 19.4. The Balaban J connectivity index is 2.17. The first-order valence-electron chi connectivity index (χ1n) is 5.47. The number of hydrogen-bond donors (Lipinski definition) is 2. The van der Waals surface area contributed by atoms with Crippen molar-refractivity contribution in [2.24, 2.45) is 5.73 Å². The van der Waals surface area contributed by atoms with Crippen LogP contribution >= 0.6 is 0 Å². The fourth-order valence-corrected chi connectivity index (χ4v) is 1.93. The molecule has 0 saturated heterocycles. The van der Waals surface area contributed by atoms with Crippen molar-refractivity contribution in [1.29, 1.82) is 0 Å². The van der Waals surface area contributed by atoms with Gasteiger partial charge in [-0.15, -0.1) is 0 Å². The first kappa shape index (κ1) is 12.2. The number of nitrogens with zero attached hydrogens (tertiary/aromatic N) is 1. The van der Waals surface area contributed by atoms with Crippen molar-refractivity contribution in [3.63, 3.8) is 0 Å². The fourth-order valence-electron chi connectivity index (χ4n) is 1.93. The predicted octanol–water partition coefficient (Wildman–Crippen LogP) is 2.39. The Morgan fingerprint density at radius 1 is 1.41 bits per heavy atom. The average molecular weight is 245 g/mol. The molecular formula is C11H14F3N3. The smallest absolute Gasteiger partial charge is 0.363 e. The predicted molar refractivity (Wildman–Crippen MR) is 58.5 cm³/mol. The minimum absolute atomic E-state index is 0.241. The second kappa shape index (κ2) is 4.18. The zero-order valence-corrected chi connectivity index (χ0v) is 9.22. The van der Waals surface area contributed by atoms with Crippen molar-refractivity contribution in [2.45, 2.75) is 31.0 Å². The topological polar surface area (TPSA) is 50.9 Å². The molecule has 1 aliphatic rings. The van der Waals surface area contributed by atoms with Crippen LogP contribution in [0, 0.1) is 0 Å². The van der Waals surface area contributed by atoms with E-state index in [9.17, 15) is 13.2 Å². The second-order valence-electron chi connectivity index (χ2n) is 4.39. The monoisotopic (exact) mass is 245 g/mol. The second-order valence-corrected chi connectivity index (χ2v) is 4.39. The lowest BCUT2D eigenvalue weighted by Gasteiger charge is -2.42. The Hall–Kier alpha value is -1.30. The highest BCUT2D eigenvalue weighted by Gasteiger charge is 2.36. The summed E-state index contributed by atoms with van der Waals surface area (Å²) in [6, 6.07) is 1.98. The summed E-state index contributed by atoms with van der Waals surface area (Å²) < 4.78 is 37.5. The van der Waals surface area contributed by atoms with Gasteiger partial charge in [0.25, 0.3) is 0 Å². The number of hydrogen-bond acceptors (Lipinski definition) is 3. The van der Waals surface area contributed by atoms with Crippen molar-refractivity contribution in [3.8, 4) is 0 Å². The van der Waals surface area contributed by atoms with E-state index in [1.54, 1.807) is 0 Å². The largest absolute Gasteiger partial charge is 0.416 e. The van der Waals surface area contributed by atoms with Gasteiger partial charge in [0.05, 0.1) is 11.1 Å². The molecule has 3 N–H and O–H groups in total. The van der Waals surface area contributed by atoms with Gasteiger partial charge in [-0.25, -0.2) is 4.98 Å². The van der Waals surface area contributed by atoms with E-state index in [1.165, 1.54) is 0 Å². The molecule has 0 aliphatic heterocycles. The Morgan fingerprint density at radius 3 is 2.59 bits per heavy atom. The number of alkyl halides is 3. The zero-order valence-electron chi connectivity index (χ0n) is 9.22. The Labute approximate surface area is 97.2 Å². The van der Waals surface area contributed by atoms with Crippen LogP contribution in [-0.4, -0.2) is 17.1 Å². The van der Waals surface area contributed by atoms with Gasteiger partial charge in [0.2, 0.25) is 0 Å². The molecular weight excluding hydrogens is 231 g/mol. The summed E-state index contributed by atoms with van der Waals surface area (Å²) in [4.78, 5) is 3.90. The maximum atomic E-state index is 12.5. The molecule has 1 fully saturated rings. The van der Waals surface area contributed by atoms with E-state index in [0.717, 1.165) is 37.6 Å². The van der Waals surface area contributed by atoms with Gasteiger partial charge < -0.3 is 11.1 Å². The van der Waals surface area contributed by atoms with Crippen LogP contribution in [0.1, 0.15) is 24.8 Å². The SMILES string of the molecule is NCC1(Nc2cc(C(F)(F)F)ccn2)CCC1. The van der Waals surface area contributed by atoms with Crippen molar-refractivity contribution in [1.82, 2.24) is 4.98 Å². The number of rotatable bonds is 3. The summed E-state index contributed by atoms with van der Waals surface area (Å²) in [5.41, 5.74) is 4.67. The van der Waals surface area contributed by atoms with Gasteiger partial charge in [0.1, 0.15) is 5.82 Å². The molecule has 1 aromatic heterocycles. The molecule has 2 rings (SSSR count). The number of halogens is 3. The first-order chi connectivity index (χ1) is 7.95. The Bertz CT molecular complexity index is 394. The van der Waals surface area contributed by atoms with Crippen molar-refractivity contribution < 1.29 is 13.2 Å². The zero-order chi connectivity index (χ0) is 12.5. The molecule has 0 radical (unpaired) electrons. The summed E-state index contributed by atoms with van der Waals surface area (Å²) in [5, 5.41) is 3.02. The van der Waals surface area contributed by atoms with E-state index in [1.807, 2.05) is 0 Å². The number of anilines is 1. The summed E-state index contributed by atoms with van der Waals surface area (Å²) in [5.74, 6) is 0.241. The van der Waals surface area contributed by atoms with Crippen LogP contribution in [-0.2, 0) is 6.18 Å². The maximum Gasteiger partial charge on any atom is 0.416 e. The van der Waals surface area contributed by atoms with E-state index in [-0.39, 0.29) is 11.4 Å². The third-order valence-electron chi connectivity index (χ3n) is 3.18. The van der Waals surface area contributed by atoms with E-state index in [4.69, 9.17) is 5.73 Å². The Kier molecular flexibility index (Phi) is 2.99. The van der Waals surface area contributed by atoms with Crippen LogP contribution in [0.3, 0.4) is 0 Å². The van der Waals surface area contributed by atoms with Gasteiger partial charge in [-0.3, -0.25) is 0 Å². The highest BCUT2D eigenvalue weighted by Crippen LogP contribution is 2.35. The minimum Gasteiger partial charge on any atom is -0.363 e. The molecule has 17 heavy (non-hydrogen) atoms. The van der Waals surface area contributed by atoms with Crippen LogP contribution in [0.25, 0.3) is 0 Å². The number of pyridine rings is 1. The lowest BCUT2D eigenvalue weighted by molar-refractivity contribution is -0.137. The summed E-state index contributed by atoms with van der Waals surface area (Å²) in [7, 11) is 0. The van der Waals surface area contributed by atoms with Crippen molar-refractivity contribution in [2.75, 3.05) is 11.9 Å². The molecule has 1 aliphatic carbocycles. The Morgan fingerprint density at radius 2 is 2.12 bits per heavy atom. The molecule has 94 valence electrons. The third-order valence-corrected chi connectivity index (χ3v) is 3.18. The summed E-state index contributed by atoms with van der Waals surface area (Å²) >= 11 is 0. The summed E-state index contributed by atoms with van der Waals surface area (Å²) in [6.07, 6.45) is -0.380. The van der Waals surface area contributed by atoms with Crippen LogP contribution in [0.15, 0.2) is 18.3 Å². The van der Waals surface area contributed by atoms with Gasteiger partial charge in [-0.1, -0.05) is 0 Å². The summed E-state index contributed by atoms with van der Waals surface area (Å²) in [6.45, 7) is 0.408. The normalized spacial score (nSPS) is 18.6. The number of aromatic nitrogens is 1. The minimum atomic E-state index is -4.34. The third kappa shape index (κ3) is 2.52. The number of nitrogens with one attached hydrogen (secondary N) is 1. The van der Waals surface area contributed by atoms with Gasteiger partial charge in [-0.05, 0) is 31.4 Å². The molecule has 0 spiro atoms. The van der Waals surface area contributed by atoms with E-state index in [2.05, 4.69) is 10.3 Å². The first-order valence-corrected chi connectivity index (χ1v) is 5.47. The van der Waals surface area contributed by atoms with E-state index < -0.39 is 11.7 Å². The maximum absolute atomic E-state index is 12.5. The molecule has 6 heteroatoms. The van der Waals surface area contributed by atoms with Crippen LogP contribution in [0.5, 0.6) is 0 Å². The molecule has 0 amide bonds. The quantitative estimate of drug-likeness (QED) is 0.859. The molecule has 3 nitrogen and oxygen atoms in total. The lowest BCUT2D eigenvalue weighted by atomic mass is 9.77. The van der Waals surface area contributed by atoms with Gasteiger partial charge in [0.15, 0.2) is 0 Å². The van der Waals surface area contributed by atoms with E-state index in [0.29, 0.717) is 6.54 Å². The van der Waals surface area contributed by atoms with Crippen molar-refractivity contribution in [3.05, 3.63) is 23.9 Å². The van der Waals surface area contributed by atoms with Crippen LogP contribution in [0.4, 0.5) is 19.0 Å².